The topological polar surface area (TPSA) is 63.2 Å². The predicted octanol–water partition coefficient (Wildman–Crippen LogP) is 3.73. The molecule has 3 rings (SSSR count). The molecule has 1 aliphatic rings. The summed E-state index contributed by atoms with van der Waals surface area (Å²) in [5, 5.41) is 24.2. The molecule has 0 saturated carbocycles. The molecule has 0 fully saturated rings. The van der Waals surface area contributed by atoms with Gasteiger partial charge in [0.25, 0.3) is 0 Å². The van der Waals surface area contributed by atoms with Gasteiger partial charge >= 0.3 is 0 Å². The van der Waals surface area contributed by atoms with E-state index in [2.05, 4.69) is 17.2 Å². The van der Waals surface area contributed by atoms with Crippen LogP contribution in [0.5, 0.6) is 0 Å². The minimum Gasteiger partial charge on any atom is -0.265 e. The fourth-order valence-corrected chi connectivity index (χ4v) is 2.48. The molecule has 1 heterocycles. The SMILES string of the molecule is N#CC(C#N)=Cc1ccc(N2CCC(c3ccccc3)=N2)cc1. The molecule has 0 saturated heterocycles. The van der Waals surface area contributed by atoms with Gasteiger partial charge in [-0.1, -0.05) is 42.5 Å². The number of hydrogen-bond acceptors (Lipinski definition) is 4. The number of rotatable bonds is 3. The average Bonchev–Trinajstić information content (AvgIpc) is 3.11. The smallest absolute Gasteiger partial charge is 0.130 e. The minimum absolute atomic E-state index is 0.100. The number of nitriles is 2. The Morgan fingerprint density at radius 1 is 1.00 bits per heavy atom. The molecule has 0 atom stereocenters. The van der Waals surface area contributed by atoms with Crippen LogP contribution in [0.2, 0.25) is 0 Å². The molecule has 0 amide bonds. The van der Waals surface area contributed by atoms with E-state index in [4.69, 9.17) is 10.5 Å². The Bertz CT molecular complexity index is 818. The van der Waals surface area contributed by atoms with Gasteiger partial charge in [-0.05, 0) is 29.3 Å². The Morgan fingerprint density at radius 2 is 1.70 bits per heavy atom. The van der Waals surface area contributed by atoms with E-state index in [1.165, 1.54) is 0 Å². The summed E-state index contributed by atoms with van der Waals surface area (Å²) in [6.07, 6.45) is 2.49. The molecule has 1 aliphatic heterocycles. The molecule has 0 spiro atoms. The second kappa shape index (κ2) is 6.60. The van der Waals surface area contributed by atoms with E-state index in [0.717, 1.165) is 35.5 Å². The molecular weight excluding hydrogens is 284 g/mol. The second-order valence-electron chi connectivity index (χ2n) is 5.16. The van der Waals surface area contributed by atoms with Crippen LogP contribution in [0.1, 0.15) is 17.5 Å². The third-order valence-corrected chi connectivity index (χ3v) is 3.65. The summed E-state index contributed by atoms with van der Waals surface area (Å²) in [6.45, 7) is 0.848. The first-order chi connectivity index (χ1) is 11.3. The maximum Gasteiger partial charge on any atom is 0.130 e. The molecule has 4 heteroatoms. The first-order valence-electron chi connectivity index (χ1n) is 7.32. The largest absolute Gasteiger partial charge is 0.265 e. The predicted molar refractivity (Wildman–Crippen MR) is 90.6 cm³/mol. The van der Waals surface area contributed by atoms with E-state index < -0.39 is 0 Å². The van der Waals surface area contributed by atoms with Crippen LogP contribution in [0.4, 0.5) is 5.69 Å². The van der Waals surface area contributed by atoms with Crippen molar-refractivity contribution in [2.75, 3.05) is 11.6 Å². The van der Waals surface area contributed by atoms with Crippen LogP contribution in [-0.4, -0.2) is 12.3 Å². The zero-order chi connectivity index (χ0) is 16.1. The van der Waals surface area contributed by atoms with Gasteiger partial charge in [0.05, 0.1) is 11.4 Å². The van der Waals surface area contributed by atoms with Crippen LogP contribution in [0, 0.1) is 22.7 Å². The third-order valence-electron chi connectivity index (χ3n) is 3.65. The summed E-state index contributed by atoms with van der Waals surface area (Å²) in [5.74, 6) is 0. The summed E-state index contributed by atoms with van der Waals surface area (Å²) in [5.41, 5.74) is 4.18. The maximum absolute atomic E-state index is 8.79. The van der Waals surface area contributed by atoms with Crippen LogP contribution in [0.3, 0.4) is 0 Å². The van der Waals surface area contributed by atoms with Crippen molar-refractivity contribution in [2.45, 2.75) is 6.42 Å². The Labute approximate surface area is 135 Å². The first kappa shape index (κ1) is 14.6. The number of hydrogen-bond donors (Lipinski definition) is 0. The van der Waals surface area contributed by atoms with Gasteiger partial charge in [0, 0.05) is 13.0 Å². The highest BCUT2D eigenvalue weighted by Crippen LogP contribution is 2.22. The van der Waals surface area contributed by atoms with Crippen LogP contribution in [0.15, 0.2) is 65.3 Å². The highest BCUT2D eigenvalue weighted by atomic mass is 15.5. The van der Waals surface area contributed by atoms with Crippen LogP contribution < -0.4 is 5.01 Å². The van der Waals surface area contributed by atoms with Gasteiger partial charge in [-0.15, -0.1) is 0 Å². The van der Waals surface area contributed by atoms with Crippen molar-refractivity contribution in [2.24, 2.45) is 5.10 Å². The molecule has 4 nitrogen and oxygen atoms in total. The average molecular weight is 298 g/mol. The Kier molecular flexibility index (Phi) is 4.18. The van der Waals surface area contributed by atoms with Gasteiger partial charge in [-0.25, -0.2) is 0 Å². The number of anilines is 1. The Hall–Kier alpha value is -3.37. The van der Waals surface area contributed by atoms with E-state index in [1.54, 1.807) is 6.08 Å². The van der Waals surface area contributed by atoms with Crippen molar-refractivity contribution in [1.29, 1.82) is 10.5 Å². The van der Waals surface area contributed by atoms with Crippen molar-refractivity contribution in [3.8, 4) is 12.1 Å². The zero-order valence-corrected chi connectivity index (χ0v) is 12.5. The lowest BCUT2D eigenvalue weighted by Gasteiger charge is -2.13. The van der Waals surface area contributed by atoms with Crippen molar-refractivity contribution in [3.63, 3.8) is 0 Å². The normalized spacial score (nSPS) is 13.0. The highest BCUT2D eigenvalue weighted by Gasteiger charge is 2.16. The molecule has 110 valence electrons. The summed E-state index contributed by atoms with van der Waals surface area (Å²) in [6, 6.07) is 21.6. The van der Waals surface area contributed by atoms with Gasteiger partial charge in [-0.3, -0.25) is 5.01 Å². The van der Waals surface area contributed by atoms with Crippen LogP contribution >= 0.6 is 0 Å². The molecule has 23 heavy (non-hydrogen) atoms. The van der Waals surface area contributed by atoms with Gasteiger partial charge in [0.1, 0.15) is 17.7 Å². The lowest BCUT2D eigenvalue weighted by Crippen LogP contribution is -2.11. The monoisotopic (exact) mass is 298 g/mol. The Morgan fingerprint density at radius 3 is 2.35 bits per heavy atom. The third kappa shape index (κ3) is 3.28. The van der Waals surface area contributed by atoms with Crippen molar-refractivity contribution < 1.29 is 0 Å². The van der Waals surface area contributed by atoms with Gasteiger partial charge in [0.15, 0.2) is 0 Å². The number of nitrogens with zero attached hydrogens (tertiary/aromatic N) is 4. The summed E-state index contributed by atoms with van der Waals surface area (Å²) in [4.78, 5) is 0. The second-order valence-corrected chi connectivity index (χ2v) is 5.16. The lowest BCUT2D eigenvalue weighted by atomic mass is 10.1. The van der Waals surface area contributed by atoms with Gasteiger partial charge in [0.2, 0.25) is 0 Å². The molecule has 0 aromatic heterocycles. The first-order valence-corrected chi connectivity index (χ1v) is 7.32. The van der Waals surface area contributed by atoms with E-state index in [-0.39, 0.29) is 5.57 Å². The van der Waals surface area contributed by atoms with E-state index in [9.17, 15) is 0 Å². The standard InChI is InChI=1S/C19H14N4/c20-13-16(14-21)12-15-6-8-18(9-7-15)23-11-10-19(22-23)17-4-2-1-3-5-17/h1-9,12H,10-11H2. The molecule has 0 radical (unpaired) electrons. The Balaban J connectivity index is 1.79. The van der Waals surface area contributed by atoms with E-state index >= 15 is 0 Å². The van der Waals surface area contributed by atoms with Crippen molar-refractivity contribution in [3.05, 3.63) is 71.3 Å². The molecule has 2 aromatic rings. The minimum atomic E-state index is 0.100. The molecule has 0 bridgehead atoms. The molecule has 0 N–H and O–H groups in total. The summed E-state index contributed by atoms with van der Waals surface area (Å²) in [7, 11) is 0. The fraction of sp³-hybridized carbons (Fsp3) is 0.105. The van der Waals surface area contributed by atoms with Crippen LogP contribution in [0.25, 0.3) is 6.08 Å². The number of benzene rings is 2. The highest BCUT2D eigenvalue weighted by molar-refractivity contribution is 6.02. The quantitative estimate of drug-likeness (QED) is 0.811. The summed E-state index contributed by atoms with van der Waals surface area (Å²) >= 11 is 0. The maximum atomic E-state index is 8.79. The molecular formula is C19H14N4. The van der Waals surface area contributed by atoms with Gasteiger partial charge < -0.3 is 0 Å². The lowest BCUT2D eigenvalue weighted by molar-refractivity contribution is 0.922. The van der Waals surface area contributed by atoms with E-state index in [1.807, 2.05) is 59.6 Å². The molecule has 0 unspecified atom stereocenters. The van der Waals surface area contributed by atoms with Crippen molar-refractivity contribution >= 4 is 17.5 Å². The summed E-state index contributed by atoms with van der Waals surface area (Å²) < 4.78 is 0. The van der Waals surface area contributed by atoms with E-state index in [0.29, 0.717) is 0 Å². The zero-order valence-electron chi connectivity index (χ0n) is 12.5. The van der Waals surface area contributed by atoms with Crippen molar-refractivity contribution in [1.82, 2.24) is 0 Å². The van der Waals surface area contributed by atoms with Crippen LogP contribution in [-0.2, 0) is 0 Å². The fourth-order valence-electron chi connectivity index (χ4n) is 2.48. The number of hydrazone groups is 1. The molecule has 2 aromatic carbocycles. The van der Waals surface area contributed by atoms with Gasteiger partial charge in [-0.2, -0.15) is 15.6 Å². The molecule has 0 aliphatic carbocycles. The number of allylic oxidation sites excluding steroid dienone is 1.